The molecule has 0 spiro atoms. The van der Waals surface area contributed by atoms with Gasteiger partial charge in [-0.15, -0.1) is 0 Å². The Hall–Kier alpha value is -0.600. The molecule has 0 aromatic heterocycles. The third-order valence-electron chi connectivity index (χ3n) is 2.14. The number of hydrogen-bond donors (Lipinski definition) is 3. The highest BCUT2D eigenvalue weighted by atomic mass is 33.1. The van der Waals surface area contributed by atoms with E-state index in [2.05, 4.69) is 5.32 Å². The van der Waals surface area contributed by atoms with Gasteiger partial charge in [0.1, 0.15) is 11.6 Å². The zero-order chi connectivity index (χ0) is 16.0. The van der Waals surface area contributed by atoms with Crippen molar-refractivity contribution in [3.63, 3.8) is 0 Å². The minimum atomic E-state index is -1.02. The minimum absolute atomic E-state index is 0.449. The number of carboxylic acid groups (broad SMARTS) is 1. The fourth-order valence-electron chi connectivity index (χ4n) is 1.05. The highest BCUT2D eigenvalue weighted by Gasteiger charge is 2.32. The molecule has 118 valence electrons. The van der Waals surface area contributed by atoms with Gasteiger partial charge in [0.05, 0.1) is 0 Å². The van der Waals surface area contributed by atoms with E-state index in [0.29, 0.717) is 12.3 Å². The average molecular weight is 324 g/mol. The number of nitrogens with one attached hydrogen (secondary N) is 1. The van der Waals surface area contributed by atoms with Crippen molar-refractivity contribution in [3.8, 4) is 0 Å². The van der Waals surface area contributed by atoms with Gasteiger partial charge in [0.15, 0.2) is 0 Å². The van der Waals surface area contributed by atoms with E-state index < -0.39 is 28.5 Å². The Morgan fingerprint density at radius 2 is 1.85 bits per heavy atom. The number of ether oxygens (including phenoxy) is 1. The first-order valence-electron chi connectivity index (χ1n) is 6.21. The van der Waals surface area contributed by atoms with Crippen LogP contribution in [0.1, 0.15) is 34.6 Å². The van der Waals surface area contributed by atoms with Gasteiger partial charge in [-0.2, -0.15) is 0 Å². The van der Waals surface area contributed by atoms with Crippen LogP contribution in [-0.4, -0.2) is 45.9 Å². The SMILES string of the molecule is CC(C)(C)OC(=O)NCCSSC(C)(C)[C@H](N)C(=O)O. The van der Waals surface area contributed by atoms with Crippen LogP contribution in [-0.2, 0) is 9.53 Å². The molecular formula is C12H24N2O4S2. The molecule has 0 aromatic rings. The molecule has 8 heteroatoms. The van der Waals surface area contributed by atoms with Crippen LogP contribution in [0, 0.1) is 0 Å². The van der Waals surface area contributed by atoms with E-state index in [1.807, 2.05) is 0 Å². The molecule has 1 atom stereocenters. The summed E-state index contributed by atoms with van der Waals surface area (Å²) in [5.41, 5.74) is 5.09. The van der Waals surface area contributed by atoms with E-state index in [1.165, 1.54) is 21.6 Å². The van der Waals surface area contributed by atoms with Crippen LogP contribution in [0.2, 0.25) is 0 Å². The Balaban J connectivity index is 3.87. The lowest BCUT2D eigenvalue weighted by Gasteiger charge is -2.27. The Kier molecular flexibility index (Phi) is 7.75. The number of aliphatic carboxylic acids is 1. The maximum absolute atomic E-state index is 11.4. The predicted octanol–water partition coefficient (Wildman–Crippen LogP) is 2.08. The summed E-state index contributed by atoms with van der Waals surface area (Å²) in [7, 11) is 2.87. The van der Waals surface area contributed by atoms with Gasteiger partial charge < -0.3 is 20.9 Å². The summed E-state index contributed by atoms with van der Waals surface area (Å²) in [5.74, 6) is -0.380. The first kappa shape index (κ1) is 19.4. The number of carbonyl (C=O) groups excluding carboxylic acids is 1. The molecule has 0 unspecified atom stereocenters. The van der Waals surface area contributed by atoms with E-state index in [0.717, 1.165) is 0 Å². The van der Waals surface area contributed by atoms with E-state index in [-0.39, 0.29) is 0 Å². The summed E-state index contributed by atoms with van der Waals surface area (Å²) in [4.78, 5) is 22.2. The van der Waals surface area contributed by atoms with Crippen molar-refractivity contribution in [1.82, 2.24) is 5.32 Å². The molecule has 0 aliphatic rings. The van der Waals surface area contributed by atoms with Crippen molar-refractivity contribution < 1.29 is 19.4 Å². The van der Waals surface area contributed by atoms with Gasteiger partial charge in [-0.3, -0.25) is 4.79 Å². The first-order valence-corrected chi connectivity index (χ1v) is 8.53. The highest BCUT2D eigenvalue weighted by molar-refractivity contribution is 8.77. The number of carboxylic acids is 1. The lowest BCUT2D eigenvalue weighted by atomic mass is 10.1. The molecule has 0 aromatic carbocycles. The largest absolute Gasteiger partial charge is 0.480 e. The molecule has 0 bridgehead atoms. The lowest BCUT2D eigenvalue weighted by molar-refractivity contribution is -0.139. The molecule has 1 amide bonds. The summed E-state index contributed by atoms with van der Waals surface area (Å²) >= 11 is 0. The number of hydrogen-bond acceptors (Lipinski definition) is 6. The predicted molar refractivity (Wildman–Crippen MR) is 84.0 cm³/mol. The Morgan fingerprint density at radius 3 is 2.30 bits per heavy atom. The molecule has 0 saturated carbocycles. The van der Waals surface area contributed by atoms with Gasteiger partial charge >= 0.3 is 12.1 Å². The molecule has 0 rings (SSSR count). The van der Waals surface area contributed by atoms with Crippen molar-refractivity contribution in [2.45, 2.75) is 51.0 Å². The van der Waals surface area contributed by atoms with E-state index in [1.54, 1.807) is 34.6 Å². The van der Waals surface area contributed by atoms with Gasteiger partial charge in [0.25, 0.3) is 0 Å². The van der Waals surface area contributed by atoms with Crippen LogP contribution in [0.15, 0.2) is 0 Å². The van der Waals surface area contributed by atoms with Crippen LogP contribution < -0.4 is 11.1 Å². The zero-order valence-corrected chi connectivity index (χ0v) is 14.2. The van der Waals surface area contributed by atoms with Crippen LogP contribution in [0.5, 0.6) is 0 Å². The number of amides is 1. The molecule has 6 nitrogen and oxygen atoms in total. The highest BCUT2D eigenvalue weighted by Crippen LogP contribution is 2.37. The summed E-state index contributed by atoms with van der Waals surface area (Å²) in [6.07, 6.45) is -0.454. The summed E-state index contributed by atoms with van der Waals surface area (Å²) in [6.45, 7) is 9.41. The molecule has 0 radical (unpaired) electrons. The fourth-order valence-corrected chi connectivity index (χ4v) is 3.55. The van der Waals surface area contributed by atoms with Crippen LogP contribution in [0.3, 0.4) is 0 Å². The normalized spacial score (nSPS) is 13.7. The number of alkyl carbamates (subject to hydrolysis) is 1. The van der Waals surface area contributed by atoms with Gasteiger partial charge in [-0.25, -0.2) is 4.79 Å². The van der Waals surface area contributed by atoms with Crippen molar-refractivity contribution in [2.75, 3.05) is 12.3 Å². The van der Waals surface area contributed by atoms with Crippen molar-refractivity contribution in [2.24, 2.45) is 5.73 Å². The van der Waals surface area contributed by atoms with Crippen LogP contribution >= 0.6 is 21.6 Å². The Labute approximate surface area is 128 Å². The van der Waals surface area contributed by atoms with Crippen molar-refractivity contribution >= 4 is 33.7 Å². The fraction of sp³-hybridized carbons (Fsp3) is 0.833. The Bertz CT molecular complexity index is 343. The second-order valence-corrected chi connectivity index (χ2v) is 8.82. The third-order valence-corrected chi connectivity index (χ3v) is 5.46. The average Bonchev–Trinajstić information content (AvgIpc) is 2.24. The first-order chi connectivity index (χ1) is 8.96. The smallest absolute Gasteiger partial charge is 0.407 e. The van der Waals surface area contributed by atoms with E-state index >= 15 is 0 Å². The van der Waals surface area contributed by atoms with Crippen LogP contribution in [0.25, 0.3) is 0 Å². The van der Waals surface area contributed by atoms with Crippen molar-refractivity contribution in [1.29, 1.82) is 0 Å². The van der Waals surface area contributed by atoms with E-state index in [4.69, 9.17) is 15.6 Å². The van der Waals surface area contributed by atoms with Gasteiger partial charge in [0.2, 0.25) is 0 Å². The maximum Gasteiger partial charge on any atom is 0.407 e. The zero-order valence-electron chi connectivity index (χ0n) is 12.6. The Morgan fingerprint density at radius 1 is 1.30 bits per heavy atom. The maximum atomic E-state index is 11.4. The second-order valence-electron chi connectivity index (χ2n) is 5.75. The van der Waals surface area contributed by atoms with Crippen LogP contribution in [0.4, 0.5) is 4.79 Å². The molecule has 20 heavy (non-hydrogen) atoms. The molecular weight excluding hydrogens is 300 g/mol. The molecule has 0 aliphatic heterocycles. The standard InChI is InChI=1S/C12H24N2O4S2/c1-11(2,3)18-10(17)14-6-7-19-20-12(4,5)8(13)9(15)16/h8H,6-7,13H2,1-5H3,(H,14,17)(H,15,16)/t8-/m1/s1. The minimum Gasteiger partial charge on any atom is -0.480 e. The quantitative estimate of drug-likeness (QED) is 0.487. The lowest BCUT2D eigenvalue weighted by Crippen LogP contribution is -2.46. The second kappa shape index (κ2) is 7.99. The topological polar surface area (TPSA) is 102 Å². The van der Waals surface area contributed by atoms with Gasteiger partial charge in [-0.05, 0) is 34.6 Å². The summed E-state index contributed by atoms with van der Waals surface area (Å²) in [5, 5.41) is 11.5. The molecule has 0 aliphatic carbocycles. The summed E-state index contributed by atoms with van der Waals surface area (Å²) in [6, 6.07) is -0.932. The molecule has 4 N–H and O–H groups in total. The molecule has 0 heterocycles. The van der Waals surface area contributed by atoms with Gasteiger partial charge in [-0.1, -0.05) is 21.6 Å². The number of nitrogens with two attached hydrogens (primary N) is 1. The number of rotatable bonds is 7. The van der Waals surface area contributed by atoms with E-state index in [9.17, 15) is 9.59 Å². The van der Waals surface area contributed by atoms with Gasteiger partial charge in [0, 0.05) is 17.0 Å². The molecule has 0 saturated heterocycles. The third kappa shape index (κ3) is 8.55. The van der Waals surface area contributed by atoms with Crippen molar-refractivity contribution in [3.05, 3.63) is 0 Å². The number of carbonyl (C=O) groups is 2. The molecule has 0 fully saturated rings. The summed E-state index contributed by atoms with van der Waals surface area (Å²) < 4.78 is 4.51. The monoisotopic (exact) mass is 324 g/mol.